The van der Waals surface area contributed by atoms with Crippen LogP contribution >= 0.6 is 0 Å². The van der Waals surface area contributed by atoms with Crippen LogP contribution in [0.4, 0.5) is 0 Å². The fourth-order valence-electron chi connectivity index (χ4n) is 4.08. The molecule has 3 rings (SSSR count). The third kappa shape index (κ3) is 1.77. The van der Waals surface area contributed by atoms with E-state index in [1.165, 1.54) is 0 Å². The molecule has 4 nitrogen and oxygen atoms in total. The normalized spacial score (nSPS) is 49.3. The predicted molar refractivity (Wildman–Crippen MR) is 69.1 cm³/mol. The molecule has 0 radical (unpaired) electrons. The van der Waals surface area contributed by atoms with Crippen LogP contribution in [-0.4, -0.2) is 34.0 Å². The SMILES string of the molecule is C=C1C(=O)OC2C=C(C)C3C(O)CC(C)(O)C3CC12. The Labute approximate surface area is 112 Å². The first kappa shape index (κ1) is 12.9. The first-order valence-electron chi connectivity index (χ1n) is 6.80. The van der Waals surface area contributed by atoms with Crippen molar-refractivity contribution in [2.75, 3.05) is 0 Å². The molecule has 1 saturated heterocycles. The summed E-state index contributed by atoms with van der Waals surface area (Å²) in [5.74, 6) is -0.517. The zero-order valence-corrected chi connectivity index (χ0v) is 11.3. The summed E-state index contributed by atoms with van der Waals surface area (Å²) in [6, 6.07) is 0. The van der Waals surface area contributed by atoms with Gasteiger partial charge in [0.05, 0.1) is 11.7 Å². The zero-order chi connectivity index (χ0) is 13.9. The van der Waals surface area contributed by atoms with Gasteiger partial charge >= 0.3 is 5.97 Å². The molecule has 1 aliphatic heterocycles. The highest BCUT2D eigenvalue weighted by atomic mass is 16.5. The number of hydrogen-bond donors (Lipinski definition) is 2. The molecule has 0 aromatic rings. The smallest absolute Gasteiger partial charge is 0.334 e. The molecule has 0 bridgehead atoms. The summed E-state index contributed by atoms with van der Waals surface area (Å²) in [4.78, 5) is 11.6. The minimum absolute atomic E-state index is 0.0490. The standard InChI is InChI=1S/C15H20O4/c1-7-4-12-9(8(2)14(17)19-12)5-10-13(7)11(16)6-15(10,3)18/h4,9-13,16,18H,2,5-6H2,1,3H3. The van der Waals surface area contributed by atoms with Gasteiger partial charge in [0, 0.05) is 23.8 Å². The number of rotatable bonds is 0. The molecule has 0 amide bonds. The molecular weight excluding hydrogens is 244 g/mol. The lowest BCUT2D eigenvalue weighted by atomic mass is 9.78. The summed E-state index contributed by atoms with van der Waals surface area (Å²) in [5, 5.41) is 20.7. The minimum Gasteiger partial charge on any atom is -0.454 e. The first-order chi connectivity index (χ1) is 8.81. The predicted octanol–water partition coefficient (Wildman–Crippen LogP) is 1.18. The van der Waals surface area contributed by atoms with E-state index in [1.807, 2.05) is 13.0 Å². The zero-order valence-electron chi connectivity index (χ0n) is 11.3. The number of hydrogen-bond acceptors (Lipinski definition) is 4. The van der Waals surface area contributed by atoms with Gasteiger partial charge in [0.25, 0.3) is 0 Å². The van der Waals surface area contributed by atoms with Crippen LogP contribution in [0.1, 0.15) is 26.7 Å². The van der Waals surface area contributed by atoms with Gasteiger partial charge < -0.3 is 14.9 Å². The van der Waals surface area contributed by atoms with Crippen molar-refractivity contribution < 1.29 is 19.7 Å². The molecule has 3 aliphatic rings. The van der Waals surface area contributed by atoms with E-state index < -0.39 is 11.7 Å². The summed E-state index contributed by atoms with van der Waals surface area (Å²) < 4.78 is 5.32. The molecule has 2 aliphatic carbocycles. The number of ether oxygens (including phenoxy) is 1. The number of fused-ring (bicyclic) bond motifs is 2. The van der Waals surface area contributed by atoms with Crippen LogP contribution in [-0.2, 0) is 9.53 Å². The molecule has 0 aromatic heterocycles. The second kappa shape index (κ2) is 3.93. The number of aliphatic hydroxyl groups is 2. The average Bonchev–Trinajstić information content (AvgIpc) is 2.61. The quantitative estimate of drug-likeness (QED) is 0.392. The Morgan fingerprint density at radius 2 is 2.21 bits per heavy atom. The van der Waals surface area contributed by atoms with E-state index in [9.17, 15) is 15.0 Å². The van der Waals surface area contributed by atoms with E-state index in [-0.39, 0.29) is 29.8 Å². The van der Waals surface area contributed by atoms with Crippen molar-refractivity contribution in [2.45, 2.75) is 44.5 Å². The third-order valence-corrected chi connectivity index (χ3v) is 5.08. The molecule has 2 fully saturated rings. The second-order valence-corrected chi connectivity index (χ2v) is 6.41. The fraction of sp³-hybridized carbons (Fsp3) is 0.667. The maximum absolute atomic E-state index is 11.6. The Morgan fingerprint density at radius 3 is 2.89 bits per heavy atom. The minimum atomic E-state index is -0.903. The average molecular weight is 264 g/mol. The van der Waals surface area contributed by atoms with Gasteiger partial charge in [-0.25, -0.2) is 4.79 Å². The van der Waals surface area contributed by atoms with E-state index in [0.717, 1.165) is 5.57 Å². The molecule has 19 heavy (non-hydrogen) atoms. The van der Waals surface area contributed by atoms with Gasteiger partial charge in [-0.05, 0) is 32.3 Å². The molecule has 1 heterocycles. The number of carbonyl (C=O) groups is 1. The molecule has 6 unspecified atom stereocenters. The second-order valence-electron chi connectivity index (χ2n) is 6.41. The molecule has 104 valence electrons. The molecule has 4 heteroatoms. The summed E-state index contributed by atoms with van der Waals surface area (Å²) in [6.45, 7) is 7.54. The lowest BCUT2D eigenvalue weighted by Crippen LogP contribution is -2.33. The van der Waals surface area contributed by atoms with Crippen molar-refractivity contribution >= 4 is 5.97 Å². The van der Waals surface area contributed by atoms with Crippen LogP contribution in [0.5, 0.6) is 0 Å². The van der Waals surface area contributed by atoms with E-state index in [1.54, 1.807) is 6.92 Å². The maximum Gasteiger partial charge on any atom is 0.334 e. The van der Waals surface area contributed by atoms with Crippen LogP contribution in [0.3, 0.4) is 0 Å². The largest absolute Gasteiger partial charge is 0.454 e. The lowest BCUT2D eigenvalue weighted by Gasteiger charge is -2.30. The van der Waals surface area contributed by atoms with Crippen molar-refractivity contribution in [2.24, 2.45) is 17.8 Å². The Bertz CT molecular complexity index is 477. The van der Waals surface area contributed by atoms with Crippen LogP contribution in [0.15, 0.2) is 23.8 Å². The topological polar surface area (TPSA) is 66.8 Å². The van der Waals surface area contributed by atoms with Crippen LogP contribution in [0.25, 0.3) is 0 Å². The van der Waals surface area contributed by atoms with Gasteiger partial charge in [0.1, 0.15) is 6.10 Å². The van der Waals surface area contributed by atoms with E-state index in [0.29, 0.717) is 18.4 Å². The third-order valence-electron chi connectivity index (χ3n) is 5.08. The van der Waals surface area contributed by atoms with Crippen molar-refractivity contribution in [1.82, 2.24) is 0 Å². The molecule has 0 spiro atoms. The van der Waals surface area contributed by atoms with Gasteiger partial charge in [0.15, 0.2) is 0 Å². The van der Waals surface area contributed by atoms with Gasteiger partial charge in [-0.15, -0.1) is 0 Å². The summed E-state index contributed by atoms with van der Waals surface area (Å²) >= 11 is 0. The van der Waals surface area contributed by atoms with Gasteiger partial charge in [-0.1, -0.05) is 12.2 Å². The Kier molecular flexibility index (Phi) is 2.67. The van der Waals surface area contributed by atoms with Crippen molar-refractivity contribution in [3.8, 4) is 0 Å². The van der Waals surface area contributed by atoms with E-state index >= 15 is 0 Å². The lowest BCUT2D eigenvalue weighted by molar-refractivity contribution is -0.137. The molecule has 1 saturated carbocycles. The monoisotopic (exact) mass is 264 g/mol. The fourth-order valence-corrected chi connectivity index (χ4v) is 4.08. The number of carbonyl (C=O) groups excluding carboxylic acids is 1. The highest BCUT2D eigenvalue weighted by Crippen LogP contribution is 2.51. The summed E-state index contributed by atoms with van der Waals surface area (Å²) in [5.41, 5.74) is 0.595. The summed E-state index contributed by atoms with van der Waals surface area (Å²) in [7, 11) is 0. The molecule has 6 atom stereocenters. The van der Waals surface area contributed by atoms with Crippen molar-refractivity contribution in [3.05, 3.63) is 23.8 Å². The molecular formula is C15H20O4. The Morgan fingerprint density at radius 1 is 1.53 bits per heavy atom. The number of esters is 1. The van der Waals surface area contributed by atoms with Crippen molar-refractivity contribution in [3.63, 3.8) is 0 Å². The van der Waals surface area contributed by atoms with Gasteiger partial charge in [0.2, 0.25) is 0 Å². The Balaban J connectivity index is 2.01. The van der Waals surface area contributed by atoms with Crippen LogP contribution in [0.2, 0.25) is 0 Å². The van der Waals surface area contributed by atoms with Crippen LogP contribution in [0, 0.1) is 17.8 Å². The first-order valence-corrected chi connectivity index (χ1v) is 6.80. The van der Waals surface area contributed by atoms with Crippen molar-refractivity contribution in [1.29, 1.82) is 0 Å². The van der Waals surface area contributed by atoms with Gasteiger partial charge in [-0.2, -0.15) is 0 Å². The molecule has 0 aromatic carbocycles. The highest BCUT2D eigenvalue weighted by molar-refractivity contribution is 5.91. The summed E-state index contributed by atoms with van der Waals surface area (Å²) in [6.07, 6.45) is 2.13. The van der Waals surface area contributed by atoms with E-state index in [2.05, 4.69) is 6.58 Å². The molecule has 2 N–H and O–H groups in total. The maximum atomic E-state index is 11.6. The highest BCUT2D eigenvalue weighted by Gasteiger charge is 2.54. The van der Waals surface area contributed by atoms with E-state index in [4.69, 9.17) is 4.74 Å². The number of aliphatic hydroxyl groups excluding tert-OH is 1. The van der Waals surface area contributed by atoms with Gasteiger partial charge in [-0.3, -0.25) is 0 Å². The Hall–Kier alpha value is -1.13. The van der Waals surface area contributed by atoms with Crippen LogP contribution < -0.4 is 0 Å².